The number of hydrogen-bond acceptors (Lipinski definition) is 4. The molecule has 1 aliphatic heterocycles. The summed E-state index contributed by atoms with van der Waals surface area (Å²) in [7, 11) is 0. The topological polar surface area (TPSA) is 63.7 Å². The van der Waals surface area contributed by atoms with E-state index in [0.717, 1.165) is 22.3 Å². The maximum atomic E-state index is 14.1. The SMILES string of the molecule is O=C(Oc1ccccc1N1C(=O)C2C3c4ccccc4C(c4ccccc43)C2C1=O)c1ccc(Cl)cc1Cl. The third-order valence-electron chi connectivity index (χ3n) is 7.91. The summed E-state index contributed by atoms with van der Waals surface area (Å²) in [6, 6.07) is 27.2. The molecule has 0 radical (unpaired) electrons. The zero-order chi connectivity index (χ0) is 26.1. The Bertz CT molecular complexity index is 1570. The van der Waals surface area contributed by atoms with Gasteiger partial charge < -0.3 is 4.74 Å². The van der Waals surface area contributed by atoms with Crippen LogP contribution in [0.3, 0.4) is 0 Å². The van der Waals surface area contributed by atoms with Crippen LogP contribution in [0, 0.1) is 11.8 Å². The van der Waals surface area contributed by atoms with Gasteiger partial charge in [-0.2, -0.15) is 0 Å². The van der Waals surface area contributed by atoms with Gasteiger partial charge in [-0.05, 0) is 52.6 Å². The summed E-state index contributed by atoms with van der Waals surface area (Å²) in [6.07, 6.45) is 0. The molecule has 4 aromatic carbocycles. The number of nitrogens with zero attached hydrogens (tertiary/aromatic N) is 1. The minimum absolute atomic E-state index is 0.103. The molecule has 1 fully saturated rings. The largest absolute Gasteiger partial charge is 0.421 e. The Kier molecular flexibility index (Phi) is 5.22. The van der Waals surface area contributed by atoms with E-state index in [4.69, 9.17) is 27.9 Å². The lowest BCUT2D eigenvalue weighted by Gasteiger charge is -2.45. The van der Waals surface area contributed by atoms with E-state index in [0.29, 0.717) is 5.02 Å². The van der Waals surface area contributed by atoms with Crippen LogP contribution in [0.1, 0.15) is 44.4 Å². The zero-order valence-corrected chi connectivity index (χ0v) is 21.3. The molecule has 3 aliphatic carbocycles. The van der Waals surface area contributed by atoms with Crippen LogP contribution in [0.5, 0.6) is 5.75 Å². The average molecular weight is 540 g/mol. The average Bonchev–Trinajstić information content (AvgIpc) is 3.19. The van der Waals surface area contributed by atoms with Crippen molar-refractivity contribution in [3.63, 3.8) is 0 Å². The van der Waals surface area contributed by atoms with Crippen molar-refractivity contribution >= 4 is 46.7 Å². The van der Waals surface area contributed by atoms with Crippen LogP contribution in [0.25, 0.3) is 0 Å². The Labute approximate surface area is 228 Å². The van der Waals surface area contributed by atoms with Crippen LogP contribution in [0.4, 0.5) is 5.69 Å². The summed E-state index contributed by atoms with van der Waals surface area (Å²) in [6.45, 7) is 0. The van der Waals surface area contributed by atoms with E-state index in [-0.39, 0.29) is 45.7 Å². The van der Waals surface area contributed by atoms with Gasteiger partial charge in [0.05, 0.1) is 28.1 Å². The van der Waals surface area contributed by atoms with Gasteiger partial charge in [-0.1, -0.05) is 83.9 Å². The molecule has 4 aliphatic rings. The highest BCUT2D eigenvalue weighted by atomic mass is 35.5. The quantitative estimate of drug-likeness (QED) is 0.167. The van der Waals surface area contributed by atoms with Gasteiger partial charge in [0.1, 0.15) is 0 Å². The number of halogens is 2. The van der Waals surface area contributed by atoms with E-state index in [1.165, 1.54) is 17.0 Å². The van der Waals surface area contributed by atoms with Crippen molar-refractivity contribution in [1.29, 1.82) is 0 Å². The fraction of sp³-hybridized carbons (Fsp3) is 0.129. The van der Waals surface area contributed by atoms with Gasteiger partial charge in [-0.15, -0.1) is 0 Å². The van der Waals surface area contributed by atoms with Gasteiger partial charge in [0.2, 0.25) is 11.8 Å². The lowest BCUT2D eigenvalue weighted by molar-refractivity contribution is -0.122. The molecule has 38 heavy (non-hydrogen) atoms. The molecule has 1 heterocycles. The molecule has 0 aromatic heterocycles. The van der Waals surface area contributed by atoms with E-state index in [2.05, 4.69) is 24.3 Å². The minimum Gasteiger partial charge on any atom is -0.421 e. The van der Waals surface area contributed by atoms with Crippen LogP contribution in [-0.4, -0.2) is 17.8 Å². The van der Waals surface area contributed by atoms with Crippen LogP contribution in [0.2, 0.25) is 10.0 Å². The summed E-state index contributed by atoms with van der Waals surface area (Å²) in [5, 5.41) is 0.533. The number of para-hydroxylation sites is 2. The first-order valence-electron chi connectivity index (χ1n) is 12.3. The summed E-state index contributed by atoms with van der Waals surface area (Å²) in [5.74, 6) is -2.69. The Balaban J connectivity index is 1.30. The smallest absolute Gasteiger partial charge is 0.345 e. The third kappa shape index (κ3) is 3.22. The molecule has 0 spiro atoms. The zero-order valence-electron chi connectivity index (χ0n) is 19.8. The first-order chi connectivity index (χ1) is 18.5. The molecular formula is C31H19Cl2NO4. The molecule has 8 rings (SSSR count). The molecule has 2 unspecified atom stereocenters. The number of rotatable bonds is 3. The molecule has 186 valence electrons. The molecule has 5 nitrogen and oxygen atoms in total. The number of esters is 1. The van der Waals surface area contributed by atoms with Crippen molar-refractivity contribution in [2.75, 3.05) is 4.90 Å². The van der Waals surface area contributed by atoms with E-state index < -0.39 is 17.8 Å². The molecule has 0 N–H and O–H groups in total. The fourth-order valence-electron chi connectivity index (χ4n) is 6.45. The van der Waals surface area contributed by atoms with Gasteiger partial charge in [-0.3, -0.25) is 9.59 Å². The molecule has 1 saturated heterocycles. The number of benzene rings is 4. The molecule has 0 saturated carbocycles. The summed E-state index contributed by atoms with van der Waals surface area (Å²) >= 11 is 12.2. The van der Waals surface area contributed by atoms with Gasteiger partial charge in [0.25, 0.3) is 0 Å². The Morgan fingerprint density at radius 1 is 0.684 bits per heavy atom. The summed E-state index contributed by atoms with van der Waals surface area (Å²) < 4.78 is 5.70. The van der Waals surface area contributed by atoms with Crippen LogP contribution < -0.4 is 9.64 Å². The second-order valence-electron chi connectivity index (χ2n) is 9.76. The van der Waals surface area contributed by atoms with E-state index in [1.54, 1.807) is 30.3 Å². The predicted molar refractivity (Wildman–Crippen MR) is 144 cm³/mol. The van der Waals surface area contributed by atoms with Crippen LogP contribution in [0.15, 0.2) is 91.0 Å². The first-order valence-corrected chi connectivity index (χ1v) is 13.0. The number of anilines is 1. The highest BCUT2D eigenvalue weighted by Crippen LogP contribution is 2.61. The van der Waals surface area contributed by atoms with Gasteiger partial charge in [0, 0.05) is 16.9 Å². The standard InChI is InChI=1S/C31H19Cl2NO4/c32-16-13-14-21(22(33)15-16)31(37)38-24-12-6-5-11-23(24)34-29(35)27-25-17-7-1-2-8-18(17)26(28(27)30(34)36)20-10-4-3-9-19(20)25/h1-15,25-28H. The highest BCUT2D eigenvalue weighted by molar-refractivity contribution is 6.36. The number of hydrogen-bond donors (Lipinski definition) is 0. The van der Waals surface area contributed by atoms with Crippen molar-refractivity contribution in [1.82, 2.24) is 0 Å². The van der Waals surface area contributed by atoms with E-state index in [1.807, 2.05) is 24.3 Å². The highest BCUT2D eigenvalue weighted by Gasteiger charge is 2.62. The van der Waals surface area contributed by atoms with Gasteiger partial charge in [0.15, 0.2) is 5.75 Å². The number of carbonyl (C=O) groups excluding carboxylic acids is 3. The number of imide groups is 1. The number of amides is 2. The second-order valence-corrected chi connectivity index (χ2v) is 10.6. The van der Waals surface area contributed by atoms with Crippen molar-refractivity contribution in [2.45, 2.75) is 11.8 Å². The fourth-order valence-corrected chi connectivity index (χ4v) is 6.94. The predicted octanol–water partition coefficient (Wildman–Crippen LogP) is 6.61. The molecular weight excluding hydrogens is 521 g/mol. The van der Waals surface area contributed by atoms with Gasteiger partial charge in [-0.25, -0.2) is 9.69 Å². The lowest BCUT2D eigenvalue weighted by Crippen LogP contribution is -2.41. The minimum atomic E-state index is -0.712. The normalized spacial score (nSPS) is 22.6. The summed E-state index contributed by atoms with van der Waals surface area (Å²) in [4.78, 5) is 42.4. The van der Waals surface area contributed by atoms with E-state index in [9.17, 15) is 14.4 Å². The van der Waals surface area contributed by atoms with Crippen LogP contribution >= 0.6 is 23.2 Å². The number of carbonyl (C=O) groups is 3. The Morgan fingerprint density at radius 3 is 1.71 bits per heavy atom. The Hall–Kier alpha value is -3.93. The van der Waals surface area contributed by atoms with Crippen molar-refractivity contribution in [3.8, 4) is 5.75 Å². The third-order valence-corrected chi connectivity index (χ3v) is 8.46. The van der Waals surface area contributed by atoms with Crippen molar-refractivity contribution in [3.05, 3.63) is 129 Å². The summed E-state index contributed by atoms with van der Waals surface area (Å²) in [5.41, 5.74) is 4.75. The molecule has 2 atom stereocenters. The number of ether oxygens (including phenoxy) is 1. The lowest BCUT2D eigenvalue weighted by atomic mass is 9.55. The van der Waals surface area contributed by atoms with E-state index >= 15 is 0 Å². The molecule has 2 bridgehead atoms. The van der Waals surface area contributed by atoms with Crippen LogP contribution in [-0.2, 0) is 9.59 Å². The van der Waals surface area contributed by atoms with Gasteiger partial charge >= 0.3 is 5.97 Å². The molecule has 4 aromatic rings. The first kappa shape index (κ1) is 23.2. The van der Waals surface area contributed by atoms with Crippen molar-refractivity contribution < 1.29 is 19.1 Å². The molecule has 7 heteroatoms. The second kappa shape index (κ2) is 8.55. The monoisotopic (exact) mass is 539 g/mol. The Morgan fingerprint density at radius 2 is 1.18 bits per heavy atom. The maximum absolute atomic E-state index is 14.1. The molecule has 2 amide bonds. The van der Waals surface area contributed by atoms with Crippen molar-refractivity contribution in [2.24, 2.45) is 11.8 Å². The maximum Gasteiger partial charge on any atom is 0.345 e.